The average molecular weight is 799 g/mol. The number of benzene rings is 6. The number of amides is 4. The molecule has 6 aromatic carbocycles. The first-order valence-electron chi connectivity index (χ1n) is 18.9. The zero-order valence-corrected chi connectivity index (χ0v) is 32.8. The predicted molar refractivity (Wildman–Crippen MR) is 237 cm³/mol. The van der Waals surface area contributed by atoms with Gasteiger partial charge in [-0.2, -0.15) is 10.2 Å². The van der Waals surface area contributed by atoms with Crippen LogP contribution in [0.5, 0.6) is 0 Å². The summed E-state index contributed by atoms with van der Waals surface area (Å²) in [5, 5.41) is 22.1. The second-order valence-electron chi connectivity index (χ2n) is 14.0. The summed E-state index contributed by atoms with van der Waals surface area (Å²) in [7, 11) is 0. The Kier molecular flexibility index (Phi) is 11.9. The number of nitrogens with one attached hydrogen (secondary N) is 4. The molecule has 2 heterocycles. The van der Waals surface area contributed by atoms with Gasteiger partial charge >= 0.3 is 0 Å². The number of para-hydroxylation sites is 4. The third-order valence-corrected chi connectivity index (χ3v) is 9.36. The van der Waals surface area contributed by atoms with Crippen molar-refractivity contribution in [3.63, 3.8) is 0 Å². The van der Waals surface area contributed by atoms with E-state index in [0.717, 1.165) is 44.3 Å². The van der Waals surface area contributed by atoms with Gasteiger partial charge in [-0.3, -0.25) is 28.5 Å². The lowest BCUT2D eigenvalue weighted by Crippen LogP contribution is -2.13. The van der Waals surface area contributed by atoms with Gasteiger partial charge in [0.05, 0.1) is 53.1 Å². The number of carbonyl (C=O) groups excluding carboxylic acids is 4. The Hall–Kier alpha value is -8.26. The zero-order chi connectivity index (χ0) is 42.2. The van der Waals surface area contributed by atoms with Crippen molar-refractivity contribution in [2.45, 2.75) is 26.9 Å². The summed E-state index contributed by atoms with van der Waals surface area (Å²) in [6.07, 6.45) is 3.70. The van der Waals surface area contributed by atoms with Crippen LogP contribution in [0.4, 0.5) is 34.1 Å². The van der Waals surface area contributed by atoms with Gasteiger partial charge in [0, 0.05) is 53.3 Å². The van der Waals surface area contributed by atoms with E-state index < -0.39 is 0 Å². The largest absolute Gasteiger partial charge is 0.397 e. The van der Waals surface area contributed by atoms with Gasteiger partial charge in [0.1, 0.15) is 0 Å². The molecule has 0 radical (unpaired) electrons. The van der Waals surface area contributed by atoms with Crippen LogP contribution >= 0.6 is 0 Å². The standard InChI is InChI=1S/2C23H21N5O2/c1-15(29)26-19-10-11-22-18(12-19)13-25-28(22)14-16-6-8-17(9-7-16)23(30)27-21-5-3-2-4-20(21)24;1-15(29)25-19-10-11-21-18(12-19)14-28(27-21)13-16-6-8-17(9-7-16)23(30)26-22-5-3-2-4-20(22)24/h2-13H,14,24H2,1H3,(H,26,29)(H,27,30);2-12,14H,13,24H2,1H3,(H,25,29)(H,26,30). The maximum atomic E-state index is 12.5. The number of hydrogen-bond acceptors (Lipinski definition) is 8. The van der Waals surface area contributed by atoms with Gasteiger partial charge in [-0.05, 0) is 96.1 Å². The Morgan fingerprint density at radius 2 is 1.07 bits per heavy atom. The lowest BCUT2D eigenvalue weighted by Gasteiger charge is -2.09. The molecule has 0 bridgehead atoms. The molecule has 0 unspecified atom stereocenters. The first-order valence-corrected chi connectivity index (χ1v) is 18.9. The minimum absolute atomic E-state index is 0.110. The summed E-state index contributed by atoms with van der Waals surface area (Å²) < 4.78 is 3.72. The molecule has 0 aliphatic heterocycles. The van der Waals surface area contributed by atoms with Gasteiger partial charge in [0.25, 0.3) is 11.8 Å². The van der Waals surface area contributed by atoms with Crippen molar-refractivity contribution in [3.05, 3.63) is 168 Å². The number of anilines is 6. The Labute approximate surface area is 345 Å². The first-order chi connectivity index (χ1) is 29.0. The molecule has 0 aliphatic rings. The van der Waals surface area contributed by atoms with Gasteiger partial charge < -0.3 is 32.7 Å². The SMILES string of the molecule is CC(=O)Nc1ccc2c(cnn2Cc2ccc(C(=O)Nc3ccccc3N)cc2)c1.CC(=O)Nc1ccc2nn(Cc3ccc(C(=O)Nc4ccccc4N)cc3)cc2c1. The molecular formula is C46H42N10O4. The number of nitrogen functional groups attached to an aromatic ring is 2. The van der Waals surface area contributed by atoms with E-state index in [4.69, 9.17) is 11.5 Å². The van der Waals surface area contributed by atoms with Gasteiger partial charge in [-0.25, -0.2) is 0 Å². The lowest BCUT2D eigenvalue weighted by atomic mass is 10.1. The van der Waals surface area contributed by atoms with Crippen LogP contribution in [0.25, 0.3) is 21.8 Å². The molecule has 300 valence electrons. The van der Waals surface area contributed by atoms with Crippen molar-refractivity contribution in [2.24, 2.45) is 0 Å². The Morgan fingerprint density at radius 3 is 1.60 bits per heavy atom. The van der Waals surface area contributed by atoms with Crippen molar-refractivity contribution in [1.82, 2.24) is 19.6 Å². The van der Waals surface area contributed by atoms with E-state index in [9.17, 15) is 19.2 Å². The monoisotopic (exact) mass is 798 g/mol. The van der Waals surface area contributed by atoms with E-state index in [1.165, 1.54) is 13.8 Å². The first kappa shape index (κ1) is 40.0. The molecule has 0 saturated carbocycles. The van der Waals surface area contributed by atoms with E-state index >= 15 is 0 Å². The number of hydrogen-bond donors (Lipinski definition) is 6. The molecule has 4 amide bonds. The molecule has 60 heavy (non-hydrogen) atoms. The van der Waals surface area contributed by atoms with Crippen LogP contribution in [0.1, 0.15) is 45.7 Å². The summed E-state index contributed by atoms with van der Waals surface area (Å²) in [5.74, 6) is -0.647. The minimum Gasteiger partial charge on any atom is -0.397 e. The molecule has 0 spiro atoms. The molecule has 0 aliphatic carbocycles. The van der Waals surface area contributed by atoms with Gasteiger partial charge in [0.15, 0.2) is 0 Å². The van der Waals surface area contributed by atoms with E-state index in [1.807, 2.05) is 100 Å². The van der Waals surface area contributed by atoms with E-state index in [-0.39, 0.29) is 23.6 Å². The van der Waals surface area contributed by atoms with Crippen molar-refractivity contribution in [3.8, 4) is 0 Å². The molecule has 8 aromatic rings. The maximum absolute atomic E-state index is 12.5. The molecule has 14 heteroatoms. The third kappa shape index (κ3) is 9.99. The smallest absolute Gasteiger partial charge is 0.255 e. The van der Waals surface area contributed by atoms with Gasteiger partial charge in [-0.15, -0.1) is 0 Å². The normalized spacial score (nSPS) is 10.7. The second kappa shape index (κ2) is 17.9. The number of aromatic nitrogens is 4. The van der Waals surface area contributed by atoms with Crippen LogP contribution in [0.2, 0.25) is 0 Å². The molecule has 0 saturated heterocycles. The maximum Gasteiger partial charge on any atom is 0.255 e. The topological polar surface area (TPSA) is 204 Å². The number of rotatable bonds is 10. The average Bonchev–Trinajstić information content (AvgIpc) is 3.82. The molecular weight excluding hydrogens is 757 g/mol. The highest BCUT2D eigenvalue weighted by atomic mass is 16.2. The predicted octanol–water partition coefficient (Wildman–Crippen LogP) is 7.76. The molecule has 14 nitrogen and oxygen atoms in total. The van der Waals surface area contributed by atoms with E-state index in [0.29, 0.717) is 47.0 Å². The Balaban J connectivity index is 0.000000181. The highest BCUT2D eigenvalue weighted by molar-refractivity contribution is 6.06. The molecule has 8 rings (SSSR count). The highest BCUT2D eigenvalue weighted by Gasteiger charge is 2.11. The number of nitrogens with two attached hydrogens (primary N) is 2. The lowest BCUT2D eigenvalue weighted by molar-refractivity contribution is -0.115. The van der Waals surface area contributed by atoms with Crippen LogP contribution in [0, 0.1) is 0 Å². The van der Waals surface area contributed by atoms with Gasteiger partial charge in [0.2, 0.25) is 11.8 Å². The van der Waals surface area contributed by atoms with Crippen molar-refractivity contribution in [2.75, 3.05) is 32.7 Å². The number of fused-ring (bicyclic) bond motifs is 2. The second-order valence-corrected chi connectivity index (χ2v) is 14.0. The van der Waals surface area contributed by atoms with Crippen LogP contribution in [0.3, 0.4) is 0 Å². The summed E-state index contributed by atoms with van der Waals surface area (Å²) in [6, 6.07) is 40.3. The fourth-order valence-electron chi connectivity index (χ4n) is 6.43. The van der Waals surface area contributed by atoms with Crippen molar-refractivity contribution >= 4 is 79.6 Å². The quantitative estimate of drug-likeness (QED) is 0.0753. The molecule has 0 atom stereocenters. The Morgan fingerprint density at radius 1 is 0.567 bits per heavy atom. The van der Waals surface area contributed by atoms with Crippen molar-refractivity contribution in [1.29, 1.82) is 0 Å². The van der Waals surface area contributed by atoms with Gasteiger partial charge in [-0.1, -0.05) is 48.5 Å². The number of nitrogens with zero attached hydrogens (tertiary/aromatic N) is 4. The van der Waals surface area contributed by atoms with Crippen LogP contribution in [0.15, 0.2) is 146 Å². The summed E-state index contributed by atoms with van der Waals surface area (Å²) in [5.41, 5.74) is 20.4. The fourth-order valence-corrected chi connectivity index (χ4v) is 6.43. The van der Waals surface area contributed by atoms with Crippen LogP contribution < -0.4 is 32.7 Å². The third-order valence-electron chi connectivity index (χ3n) is 9.36. The van der Waals surface area contributed by atoms with Crippen molar-refractivity contribution < 1.29 is 19.2 Å². The minimum atomic E-state index is -0.213. The van der Waals surface area contributed by atoms with Crippen LogP contribution in [-0.4, -0.2) is 43.2 Å². The molecule has 0 fully saturated rings. The Bertz CT molecular complexity index is 2820. The van der Waals surface area contributed by atoms with E-state index in [1.54, 1.807) is 54.7 Å². The summed E-state index contributed by atoms with van der Waals surface area (Å²) in [6.45, 7) is 4.09. The summed E-state index contributed by atoms with van der Waals surface area (Å²) >= 11 is 0. The highest BCUT2D eigenvalue weighted by Crippen LogP contribution is 2.23. The summed E-state index contributed by atoms with van der Waals surface area (Å²) in [4.78, 5) is 47.4. The zero-order valence-electron chi connectivity index (χ0n) is 32.8. The van der Waals surface area contributed by atoms with E-state index in [2.05, 4.69) is 31.5 Å². The number of carbonyl (C=O) groups is 4. The van der Waals surface area contributed by atoms with Crippen LogP contribution in [-0.2, 0) is 22.7 Å². The molecule has 2 aromatic heterocycles. The molecule has 8 N–H and O–H groups in total. The fraction of sp³-hybridized carbons (Fsp3) is 0.0870.